The number of ether oxygens (including phenoxy) is 1. The molecular weight excluding hydrogens is 230 g/mol. The molecule has 0 radical (unpaired) electrons. The van der Waals surface area contributed by atoms with Crippen molar-refractivity contribution >= 4 is 17.0 Å². The second kappa shape index (κ2) is 3.66. The fourth-order valence-corrected chi connectivity index (χ4v) is 4.93. The first-order chi connectivity index (χ1) is 7.93. The molecule has 2 nitrogen and oxygen atoms in total. The maximum atomic E-state index is 5.80. The van der Waals surface area contributed by atoms with E-state index in [-0.39, 0.29) is 5.54 Å². The van der Waals surface area contributed by atoms with E-state index in [9.17, 15) is 0 Å². The summed E-state index contributed by atoms with van der Waals surface area (Å²) >= 11 is 1.79. The quantitative estimate of drug-likeness (QED) is 0.710. The van der Waals surface area contributed by atoms with Gasteiger partial charge >= 0.3 is 0 Å². The van der Waals surface area contributed by atoms with Crippen LogP contribution in [0.25, 0.3) is 0 Å². The summed E-state index contributed by atoms with van der Waals surface area (Å²) in [6.07, 6.45) is 4.48. The Labute approximate surface area is 109 Å². The van der Waals surface area contributed by atoms with Gasteiger partial charge < -0.3 is 4.74 Å². The van der Waals surface area contributed by atoms with Crippen LogP contribution >= 0.6 is 11.8 Å². The van der Waals surface area contributed by atoms with Crippen molar-refractivity contribution in [3.63, 3.8) is 0 Å². The highest BCUT2D eigenvalue weighted by atomic mass is 32.2. The van der Waals surface area contributed by atoms with E-state index in [2.05, 4.69) is 27.7 Å². The van der Waals surface area contributed by atoms with E-state index in [0.29, 0.717) is 11.5 Å². The summed E-state index contributed by atoms with van der Waals surface area (Å²) in [4.78, 5) is 5.05. The fourth-order valence-electron chi connectivity index (χ4n) is 4.00. The minimum atomic E-state index is 0.0995. The van der Waals surface area contributed by atoms with Crippen molar-refractivity contribution in [2.75, 3.05) is 5.75 Å². The number of nitrogens with zero attached hydrogens (tertiary/aromatic N) is 1. The lowest BCUT2D eigenvalue weighted by atomic mass is 9.64. The van der Waals surface area contributed by atoms with Crippen LogP contribution in [0.2, 0.25) is 0 Å². The van der Waals surface area contributed by atoms with E-state index in [1.807, 2.05) is 0 Å². The molecule has 0 unspecified atom stereocenters. The third-order valence-corrected chi connectivity index (χ3v) is 6.69. The SMILES string of the molecule is C[C@@H]1CSC(=N[C@]2(C)[C@H]3CC[C@@H](C3)C2(C)C)O1. The topological polar surface area (TPSA) is 21.6 Å². The molecule has 96 valence electrons. The molecule has 17 heavy (non-hydrogen) atoms. The van der Waals surface area contributed by atoms with E-state index >= 15 is 0 Å². The van der Waals surface area contributed by atoms with Gasteiger partial charge in [-0.2, -0.15) is 0 Å². The Bertz CT molecular complexity index is 365. The Balaban J connectivity index is 1.91. The molecule has 0 aromatic rings. The number of thioether (sulfide) groups is 1. The van der Waals surface area contributed by atoms with Gasteiger partial charge in [0, 0.05) is 5.75 Å². The normalized spacial score (nSPS) is 49.9. The molecule has 0 aromatic heterocycles. The third kappa shape index (κ3) is 1.57. The van der Waals surface area contributed by atoms with Crippen molar-refractivity contribution in [2.24, 2.45) is 22.2 Å². The Morgan fingerprint density at radius 3 is 2.47 bits per heavy atom. The minimum Gasteiger partial charge on any atom is -0.469 e. The highest BCUT2D eigenvalue weighted by molar-refractivity contribution is 8.13. The second-order valence-electron chi connectivity index (χ2n) is 6.69. The van der Waals surface area contributed by atoms with E-state index in [0.717, 1.165) is 22.8 Å². The Kier molecular flexibility index (Phi) is 2.56. The molecule has 3 aliphatic rings. The molecule has 2 aliphatic carbocycles. The molecular formula is C14H23NOS. The lowest BCUT2D eigenvalue weighted by Gasteiger charge is -2.44. The first-order valence-corrected chi connectivity index (χ1v) is 7.81. The van der Waals surface area contributed by atoms with Crippen molar-refractivity contribution < 1.29 is 4.74 Å². The Morgan fingerprint density at radius 2 is 1.94 bits per heavy atom. The molecule has 0 N–H and O–H groups in total. The summed E-state index contributed by atoms with van der Waals surface area (Å²) in [5, 5.41) is 0.945. The van der Waals surface area contributed by atoms with Gasteiger partial charge in [-0.15, -0.1) is 0 Å². The second-order valence-corrected chi connectivity index (χ2v) is 7.66. The molecule has 0 aromatic carbocycles. The number of hydrogen-bond acceptors (Lipinski definition) is 3. The highest BCUT2D eigenvalue weighted by Crippen LogP contribution is 2.63. The van der Waals surface area contributed by atoms with Crippen LogP contribution in [0.3, 0.4) is 0 Å². The molecule has 4 atom stereocenters. The molecule has 3 fully saturated rings. The number of fused-ring (bicyclic) bond motifs is 2. The van der Waals surface area contributed by atoms with Crippen LogP contribution in [-0.2, 0) is 4.74 Å². The van der Waals surface area contributed by atoms with Gasteiger partial charge in [-0.1, -0.05) is 25.6 Å². The molecule has 0 amide bonds. The maximum absolute atomic E-state index is 5.80. The molecule has 1 aliphatic heterocycles. The van der Waals surface area contributed by atoms with E-state index in [1.54, 1.807) is 11.8 Å². The van der Waals surface area contributed by atoms with E-state index in [4.69, 9.17) is 9.73 Å². The van der Waals surface area contributed by atoms with Gasteiger partial charge in [-0.25, -0.2) is 4.99 Å². The zero-order valence-corrected chi connectivity index (χ0v) is 12.1. The van der Waals surface area contributed by atoms with Gasteiger partial charge in [0.25, 0.3) is 0 Å². The maximum Gasteiger partial charge on any atom is 0.246 e. The monoisotopic (exact) mass is 253 g/mol. The van der Waals surface area contributed by atoms with Crippen LogP contribution in [0.4, 0.5) is 0 Å². The summed E-state index contributed by atoms with van der Waals surface area (Å²) in [5.74, 6) is 2.70. The van der Waals surface area contributed by atoms with Crippen LogP contribution in [0.15, 0.2) is 4.99 Å². The van der Waals surface area contributed by atoms with Crippen molar-refractivity contribution in [2.45, 2.75) is 58.6 Å². The molecule has 3 heteroatoms. The predicted molar refractivity (Wildman–Crippen MR) is 73.5 cm³/mol. The van der Waals surface area contributed by atoms with Crippen LogP contribution in [-0.4, -0.2) is 22.6 Å². The van der Waals surface area contributed by atoms with Gasteiger partial charge in [0.05, 0.1) is 5.54 Å². The molecule has 0 spiro atoms. The van der Waals surface area contributed by atoms with Crippen molar-refractivity contribution in [1.82, 2.24) is 0 Å². The number of aliphatic imine (C=N–C) groups is 1. The van der Waals surface area contributed by atoms with Crippen LogP contribution in [0.5, 0.6) is 0 Å². The summed E-state index contributed by atoms with van der Waals surface area (Å²) in [6.45, 7) is 9.30. The Hall–Kier alpha value is -0.180. The van der Waals surface area contributed by atoms with Gasteiger partial charge in [0.15, 0.2) is 0 Å². The lowest BCUT2D eigenvalue weighted by Crippen LogP contribution is -2.45. The first kappa shape index (κ1) is 11.9. The first-order valence-electron chi connectivity index (χ1n) is 6.83. The van der Waals surface area contributed by atoms with Gasteiger partial charge in [0.1, 0.15) is 6.10 Å². The van der Waals surface area contributed by atoms with Gasteiger partial charge in [-0.05, 0) is 50.4 Å². The molecule has 1 saturated heterocycles. The van der Waals surface area contributed by atoms with Crippen molar-refractivity contribution in [3.05, 3.63) is 0 Å². The predicted octanol–water partition coefficient (Wildman–Crippen LogP) is 3.71. The zero-order valence-electron chi connectivity index (χ0n) is 11.3. The van der Waals surface area contributed by atoms with Gasteiger partial charge in [0.2, 0.25) is 5.23 Å². The van der Waals surface area contributed by atoms with Crippen LogP contribution in [0.1, 0.15) is 47.0 Å². The molecule has 3 rings (SSSR count). The summed E-state index contributed by atoms with van der Waals surface area (Å²) in [6, 6.07) is 0. The summed E-state index contributed by atoms with van der Waals surface area (Å²) < 4.78 is 5.80. The molecule has 2 bridgehead atoms. The average molecular weight is 253 g/mol. The third-order valence-electron chi connectivity index (χ3n) is 5.62. The number of rotatable bonds is 1. The van der Waals surface area contributed by atoms with Crippen LogP contribution < -0.4 is 0 Å². The smallest absolute Gasteiger partial charge is 0.246 e. The van der Waals surface area contributed by atoms with E-state index < -0.39 is 0 Å². The molecule has 1 heterocycles. The van der Waals surface area contributed by atoms with Crippen molar-refractivity contribution in [3.8, 4) is 0 Å². The van der Waals surface area contributed by atoms with Gasteiger partial charge in [-0.3, -0.25) is 0 Å². The minimum absolute atomic E-state index is 0.0995. The standard InChI is InChI=1S/C14H23NOS/c1-9-8-17-12(16-9)15-14(4)11-6-5-10(7-11)13(14,2)3/h9-11H,5-8H2,1-4H3/t9-,10+,11+,14-/m1/s1. The fraction of sp³-hybridized carbons (Fsp3) is 0.929. The number of hydrogen-bond donors (Lipinski definition) is 0. The zero-order chi connectivity index (χ0) is 12.3. The Morgan fingerprint density at radius 1 is 1.24 bits per heavy atom. The van der Waals surface area contributed by atoms with Crippen LogP contribution in [0, 0.1) is 17.3 Å². The lowest BCUT2D eigenvalue weighted by molar-refractivity contribution is 0.100. The highest BCUT2D eigenvalue weighted by Gasteiger charge is 2.60. The van der Waals surface area contributed by atoms with E-state index in [1.165, 1.54) is 19.3 Å². The average Bonchev–Trinajstić information content (AvgIpc) is 2.88. The summed E-state index contributed by atoms with van der Waals surface area (Å²) in [5.41, 5.74) is 0.432. The largest absolute Gasteiger partial charge is 0.469 e. The summed E-state index contributed by atoms with van der Waals surface area (Å²) in [7, 11) is 0. The van der Waals surface area contributed by atoms with Crippen molar-refractivity contribution in [1.29, 1.82) is 0 Å². The molecule has 2 saturated carbocycles.